The van der Waals surface area contributed by atoms with Gasteiger partial charge in [-0.05, 0) is 24.6 Å². The van der Waals surface area contributed by atoms with Gasteiger partial charge in [0.05, 0.1) is 9.82 Å². The van der Waals surface area contributed by atoms with Crippen LogP contribution in [0, 0.1) is 17.0 Å². The lowest BCUT2D eigenvalue weighted by Gasteiger charge is -2.34. The van der Waals surface area contributed by atoms with Crippen LogP contribution >= 0.6 is 0 Å². The normalized spacial score (nSPS) is 15.7. The first-order chi connectivity index (χ1) is 12.7. The number of aromatic nitrogens is 1. The molecule has 0 bridgehead atoms. The van der Waals surface area contributed by atoms with Gasteiger partial charge >= 0.3 is 0 Å². The number of carbonyl (C=O) groups excluding carboxylic acids is 1. The number of hydrogen-bond acceptors (Lipinski definition) is 5. The quantitative estimate of drug-likeness (QED) is 0.577. The van der Waals surface area contributed by atoms with Crippen LogP contribution in [0.25, 0.3) is 0 Å². The largest absolute Gasteiger partial charge is 0.347 e. The van der Waals surface area contributed by atoms with Gasteiger partial charge in [0.2, 0.25) is 10.0 Å². The zero-order chi connectivity index (χ0) is 19.8. The molecule has 1 aliphatic heterocycles. The molecule has 144 valence electrons. The predicted molar refractivity (Wildman–Crippen MR) is 97.9 cm³/mol. The topological polar surface area (TPSA) is 106 Å². The molecule has 1 aromatic heterocycles. The van der Waals surface area contributed by atoms with E-state index in [-0.39, 0.29) is 42.7 Å². The number of aryl methyl sites for hydroxylation is 2. The van der Waals surface area contributed by atoms with Crippen LogP contribution in [0.15, 0.2) is 41.4 Å². The summed E-state index contributed by atoms with van der Waals surface area (Å²) in [4.78, 5) is 24.4. The van der Waals surface area contributed by atoms with E-state index in [2.05, 4.69) is 0 Å². The number of hydrogen-bond donors (Lipinski definition) is 0. The summed E-state index contributed by atoms with van der Waals surface area (Å²) in [6.07, 6.45) is 1.78. The smallest absolute Gasteiger partial charge is 0.270 e. The first-order valence-electron chi connectivity index (χ1n) is 8.37. The summed E-state index contributed by atoms with van der Waals surface area (Å²) >= 11 is 0. The molecule has 10 heteroatoms. The van der Waals surface area contributed by atoms with Crippen LogP contribution < -0.4 is 0 Å². The highest BCUT2D eigenvalue weighted by Gasteiger charge is 2.32. The lowest BCUT2D eigenvalue weighted by molar-refractivity contribution is -0.385. The second-order valence-corrected chi connectivity index (χ2v) is 8.31. The molecule has 0 saturated carbocycles. The number of rotatable bonds is 4. The molecule has 1 aromatic carbocycles. The van der Waals surface area contributed by atoms with E-state index < -0.39 is 14.9 Å². The summed E-state index contributed by atoms with van der Waals surface area (Å²) in [5.74, 6) is -0.147. The Labute approximate surface area is 157 Å². The third-order valence-electron chi connectivity index (χ3n) is 4.69. The number of nitro benzene ring substituents is 1. The summed E-state index contributed by atoms with van der Waals surface area (Å²) in [5, 5.41) is 11.0. The average molecular weight is 392 g/mol. The van der Waals surface area contributed by atoms with Crippen molar-refractivity contribution in [3.8, 4) is 0 Å². The molecule has 3 rings (SSSR count). The molecule has 0 unspecified atom stereocenters. The van der Waals surface area contributed by atoms with Crippen molar-refractivity contribution in [2.24, 2.45) is 7.05 Å². The van der Waals surface area contributed by atoms with Crippen molar-refractivity contribution in [3.05, 3.63) is 57.9 Å². The van der Waals surface area contributed by atoms with Gasteiger partial charge in [0.1, 0.15) is 5.69 Å². The van der Waals surface area contributed by atoms with Crippen molar-refractivity contribution in [3.63, 3.8) is 0 Å². The maximum absolute atomic E-state index is 12.9. The Hall–Kier alpha value is -2.72. The number of nitro groups is 1. The van der Waals surface area contributed by atoms with E-state index in [1.165, 1.54) is 16.4 Å². The molecular formula is C17H20N4O5S. The molecule has 0 radical (unpaired) electrons. The Morgan fingerprint density at radius 2 is 1.81 bits per heavy atom. The van der Waals surface area contributed by atoms with Crippen molar-refractivity contribution in [1.29, 1.82) is 0 Å². The minimum atomic E-state index is -3.87. The molecule has 0 atom stereocenters. The number of carbonyl (C=O) groups is 1. The summed E-state index contributed by atoms with van der Waals surface area (Å²) in [6.45, 7) is 2.40. The number of sulfonamides is 1. The molecule has 0 aliphatic carbocycles. The fraction of sp³-hybridized carbons (Fsp3) is 0.353. The molecule has 0 N–H and O–H groups in total. The molecule has 27 heavy (non-hydrogen) atoms. The monoisotopic (exact) mass is 392 g/mol. The minimum Gasteiger partial charge on any atom is -0.347 e. The van der Waals surface area contributed by atoms with E-state index in [9.17, 15) is 23.3 Å². The van der Waals surface area contributed by atoms with Crippen LogP contribution in [0.3, 0.4) is 0 Å². The second-order valence-electron chi connectivity index (χ2n) is 6.41. The van der Waals surface area contributed by atoms with Gasteiger partial charge in [-0.2, -0.15) is 4.31 Å². The second kappa shape index (κ2) is 7.12. The van der Waals surface area contributed by atoms with Crippen LogP contribution in [0.1, 0.15) is 16.1 Å². The first-order valence-corrected chi connectivity index (χ1v) is 9.81. The van der Waals surface area contributed by atoms with Gasteiger partial charge in [0.25, 0.3) is 11.6 Å². The minimum absolute atomic E-state index is 0.0705. The SMILES string of the molecule is Cc1ccc([N+](=O)[O-])cc1S(=O)(=O)N1CCN(C(=O)c2cccn2C)CC1. The van der Waals surface area contributed by atoms with Crippen molar-refractivity contribution in [2.75, 3.05) is 26.2 Å². The highest BCUT2D eigenvalue weighted by atomic mass is 32.2. The number of benzene rings is 1. The van der Waals surface area contributed by atoms with Gasteiger partial charge in [-0.1, -0.05) is 6.07 Å². The molecular weight excluding hydrogens is 372 g/mol. The number of piperazine rings is 1. The van der Waals surface area contributed by atoms with Crippen LogP contribution in [0.4, 0.5) is 5.69 Å². The van der Waals surface area contributed by atoms with Gasteiger partial charge in [0, 0.05) is 51.6 Å². The number of amides is 1. The van der Waals surface area contributed by atoms with Crippen molar-refractivity contribution in [2.45, 2.75) is 11.8 Å². The third-order valence-corrected chi connectivity index (χ3v) is 6.73. The zero-order valence-electron chi connectivity index (χ0n) is 15.0. The summed E-state index contributed by atoms with van der Waals surface area (Å²) < 4.78 is 28.9. The molecule has 1 fully saturated rings. The standard InChI is InChI=1S/C17H20N4O5S/c1-13-5-6-14(21(23)24)12-16(13)27(25,26)20-10-8-19(9-11-20)17(22)15-4-3-7-18(15)2/h3-7,12H,8-11H2,1-2H3. The van der Waals surface area contributed by atoms with E-state index in [1.807, 2.05) is 0 Å². The molecule has 1 aliphatic rings. The van der Waals surface area contributed by atoms with Gasteiger partial charge in [0.15, 0.2) is 0 Å². The van der Waals surface area contributed by atoms with Crippen LogP contribution in [0.2, 0.25) is 0 Å². The van der Waals surface area contributed by atoms with Crippen LogP contribution in [-0.4, -0.2) is 59.2 Å². The van der Waals surface area contributed by atoms with E-state index >= 15 is 0 Å². The zero-order valence-corrected chi connectivity index (χ0v) is 15.8. The average Bonchev–Trinajstić information content (AvgIpc) is 3.07. The van der Waals surface area contributed by atoms with Gasteiger partial charge in [-0.3, -0.25) is 14.9 Å². The lowest BCUT2D eigenvalue weighted by Crippen LogP contribution is -2.50. The fourth-order valence-corrected chi connectivity index (χ4v) is 4.76. The molecule has 2 aromatic rings. The number of nitrogens with zero attached hydrogens (tertiary/aromatic N) is 4. The van der Waals surface area contributed by atoms with Crippen molar-refractivity contribution >= 4 is 21.6 Å². The number of non-ortho nitro benzene ring substituents is 1. The predicted octanol–water partition coefficient (Wildman–Crippen LogP) is 1.39. The molecule has 2 heterocycles. The van der Waals surface area contributed by atoms with Crippen LogP contribution in [0.5, 0.6) is 0 Å². The van der Waals surface area contributed by atoms with E-state index in [4.69, 9.17) is 0 Å². The van der Waals surface area contributed by atoms with Gasteiger partial charge < -0.3 is 9.47 Å². The Kier molecular flexibility index (Phi) is 5.03. The maximum atomic E-state index is 12.9. The summed E-state index contributed by atoms with van der Waals surface area (Å²) in [7, 11) is -2.10. The van der Waals surface area contributed by atoms with Crippen molar-refractivity contribution in [1.82, 2.24) is 13.8 Å². The molecule has 1 amide bonds. The van der Waals surface area contributed by atoms with E-state index in [0.717, 1.165) is 6.07 Å². The Morgan fingerprint density at radius 3 is 2.37 bits per heavy atom. The molecule has 9 nitrogen and oxygen atoms in total. The first kappa shape index (κ1) is 19.1. The van der Waals surface area contributed by atoms with Gasteiger partial charge in [-0.15, -0.1) is 0 Å². The van der Waals surface area contributed by atoms with Crippen LogP contribution in [-0.2, 0) is 17.1 Å². The van der Waals surface area contributed by atoms with Crippen molar-refractivity contribution < 1.29 is 18.1 Å². The summed E-state index contributed by atoms with van der Waals surface area (Å²) in [6, 6.07) is 7.30. The fourth-order valence-electron chi connectivity index (χ4n) is 3.10. The molecule has 0 spiro atoms. The van der Waals surface area contributed by atoms with E-state index in [0.29, 0.717) is 11.3 Å². The maximum Gasteiger partial charge on any atom is 0.270 e. The summed E-state index contributed by atoms with van der Waals surface area (Å²) in [5.41, 5.74) is 0.723. The highest BCUT2D eigenvalue weighted by Crippen LogP contribution is 2.25. The Morgan fingerprint density at radius 1 is 1.15 bits per heavy atom. The third kappa shape index (κ3) is 3.58. The Bertz CT molecular complexity index is 991. The van der Waals surface area contributed by atoms with E-state index in [1.54, 1.807) is 41.8 Å². The highest BCUT2D eigenvalue weighted by molar-refractivity contribution is 7.89. The van der Waals surface area contributed by atoms with Gasteiger partial charge in [-0.25, -0.2) is 8.42 Å². The Balaban J connectivity index is 1.77. The molecule has 1 saturated heterocycles. The lowest BCUT2D eigenvalue weighted by atomic mass is 10.2.